The maximum absolute atomic E-state index is 13.1. The van der Waals surface area contributed by atoms with E-state index in [1.165, 1.54) is 41.3 Å². The summed E-state index contributed by atoms with van der Waals surface area (Å²) in [4.78, 5) is 13.8. The summed E-state index contributed by atoms with van der Waals surface area (Å²) in [5.74, 6) is -1.08. The highest BCUT2D eigenvalue weighted by atomic mass is 79.9. The first-order chi connectivity index (χ1) is 12.7. The molecule has 4 rings (SSSR count). The molecule has 0 saturated heterocycles. The number of ether oxygens (including phenoxy) is 1. The Morgan fingerprint density at radius 3 is 2.41 bits per heavy atom. The average molecular weight is 444 g/mol. The third-order valence-corrected chi connectivity index (χ3v) is 5.95. The highest BCUT2D eigenvalue weighted by molar-refractivity contribution is 9.09. The molecule has 2 aliphatic rings. The molecule has 1 saturated carbocycles. The van der Waals surface area contributed by atoms with Crippen LogP contribution >= 0.6 is 15.9 Å². The van der Waals surface area contributed by atoms with Crippen LogP contribution in [0.4, 0.5) is 23.2 Å². The molecule has 0 N–H and O–H groups in total. The SMILES string of the molecule is O=C(C(Br)c1ccc(F)cc1)N1CC2(CC2)c2ccc(OC(F)(F)F)cc21. The van der Waals surface area contributed by atoms with Gasteiger partial charge in [-0.2, -0.15) is 0 Å². The second kappa shape index (κ2) is 6.22. The topological polar surface area (TPSA) is 29.5 Å². The number of nitrogens with zero attached hydrogens (tertiary/aromatic N) is 1. The third kappa shape index (κ3) is 3.42. The van der Waals surface area contributed by atoms with Crippen molar-refractivity contribution in [3.63, 3.8) is 0 Å². The Balaban J connectivity index is 1.66. The standard InChI is InChI=1S/C19H14BrF4NO2/c20-16(11-1-3-12(21)4-2-11)17(26)25-10-18(7-8-18)14-6-5-13(9-15(14)25)27-19(22,23)24/h1-6,9,16H,7-8,10H2. The van der Waals surface area contributed by atoms with E-state index < -0.39 is 17.0 Å². The molecule has 142 valence electrons. The van der Waals surface area contributed by atoms with Crippen LogP contribution in [-0.2, 0) is 10.2 Å². The summed E-state index contributed by atoms with van der Waals surface area (Å²) in [6.07, 6.45) is -3.04. The Morgan fingerprint density at radius 1 is 1.15 bits per heavy atom. The molecule has 1 atom stereocenters. The van der Waals surface area contributed by atoms with Crippen LogP contribution in [0.5, 0.6) is 5.75 Å². The van der Waals surface area contributed by atoms with Gasteiger partial charge in [-0.15, -0.1) is 13.2 Å². The summed E-state index contributed by atoms with van der Waals surface area (Å²) >= 11 is 3.34. The number of carbonyl (C=O) groups excluding carboxylic acids is 1. The molecule has 3 nitrogen and oxygen atoms in total. The van der Waals surface area contributed by atoms with Gasteiger partial charge in [-0.05, 0) is 42.2 Å². The zero-order valence-electron chi connectivity index (χ0n) is 13.9. The first kappa shape index (κ1) is 18.3. The van der Waals surface area contributed by atoms with Gasteiger partial charge in [0.2, 0.25) is 5.91 Å². The molecule has 1 spiro atoms. The second-order valence-electron chi connectivity index (χ2n) is 6.85. The van der Waals surface area contributed by atoms with Gasteiger partial charge >= 0.3 is 6.36 Å². The number of benzene rings is 2. The Hall–Kier alpha value is -2.09. The molecule has 1 aliphatic carbocycles. The number of hydrogen-bond donors (Lipinski definition) is 0. The summed E-state index contributed by atoms with van der Waals surface area (Å²) in [6.45, 7) is 0.417. The molecular formula is C19H14BrF4NO2. The number of hydrogen-bond acceptors (Lipinski definition) is 2. The maximum Gasteiger partial charge on any atom is 0.573 e. The molecule has 2 aromatic carbocycles. The van der Waals surface area contributed by atoms with Crippen LogP contribution in [0, 0.1) is 5.82 Å². The van der Waals surface area contributed by atoms with E-state index in [9.17, 15) is 22.4 Å². The molecule has 27 heavy (non-hydrogen) atoms. The van der Waals surface area contributed by atoms with Crippen molar-refractivity contribution in [3.8, 4) is 5.75 Å². The Kier molecular flexibility index (Phi) is 4.21. The largest absolute Gasteiger partial charge is 0.573 e. The van der Waals surface area contributed by atoms with Gasteiger partial charge in [-0.3, -0.25) is 4.79 Å². The van der Waals surface area contributed by atoms with Crippen LogP contribution in [0.2, 0.25) is 0 Å². The number of carbonyl (C=O) groups is 1. The fourth-order valence-corrected chi connectivity index (χ4v) is 4.09. The quantitative estimate of drug-likeness (QED) is 0.479. The Morgan fingerprint density at radius 2 is 1.81 bits per heavy atom. The lowest BCUT2D eigenvalue weighted by atomic mass is 9.99. The lowest BCUT2D eigenvalue weighted by Gasteiger charge is -2.22. The summed E-state index contributed by atoms with van der Waals surface area (Å²) in [6, 6.07) is 9.67. The monoisotopic (exact) mass is 443 g/mol. The smallest absolute Gasteiger partial charge is 0.406 e. The molecule has 1 aliphatic heterocycles. The number of amides is 1. The molecule has 1 fully saturated rings. The van der Waals surface area contributed by atoms with E-state index >= 15 is 0 Å². The van der Waals surface area contributed by atoms with Crippen molar-refractivity contribution in [2.45, 2.75) is 29.4 Å². The molecule has 1 amide bonds. The van der Waals surface area contributed by atoms with Crippen molar-refractivity contribution in [2.75, 3.05) is 11.4 Å². The van der Waals surface area contributed by atoms with E-state index in [4.69, 9.17) is 0 Å². The third-order valence-electron chi connectivity index (χ3n) is 5.02. The van der Waals surface area contributed by atoms with Crippen molar-refractivity contribution in [2.24, 2.45) is 0 Å². The van der Waals surface area contributed by atoms with E-state index in [2.05, 4.69) is 20.7 Å². The van der Waals surface area contributed by atoms with Gasteiger partial charge in [-0.25, -0.2) is 4.39 Å². The minimum atomic E-state index is -4.80. The van der Waals surface area contributed by atoms with E-state index in [0.29, 0.717) is 17.8 Å². The first-order valence-electron chi connectivity index (χ1n) is 8.30. The van der Waals surface area contributed by atoms with Crippen molar-refractivity contribution in [1.29, 1.82) is 0 Å². The number of halogens is 5. The average Bonchev–Trinajstić information content (AvgIpc) is 3.31. The van der Waals surface area contributed by atoms with Crippen LogP contribution in [-0.4, -0.2) is 18.8 Å². The first-order valence-corrected chi connectivity index (χ1v) is 9.21. The number of rotatable bonds is 3. The van der Waals surface area contributed by atoms with Crippen LogP contribution in [0.1, 0.15) is 28.8 Å². The predicted octanol–water partition coefficient (Wildman–Crippen LogP) is 5.24. The molecule has 1 heterocycles. The summed E-state index contributed by atoms with van der Waals surface area (Å²) in [5, 5.41) is 0. The summed E-state index contributed by atoms with van der Waals surface area (Å²) in [7, 11) is 0. The van der Waals surface area contributed by atoms with Crippen LogP contribution in [0.15, 0.2) is 42.5 Å². The zero-order chi connectivity index (χ0) is 19.4. The Bertz CT molecular complexity index is 894. The summed E-state index contributed by atoms with van der Waals surface area (Å²) < 4.78 is 54.8. The van der Waals surface area contributed by atoms with Crippen molar-refractivity contribution in [3.05, 3.63) is 59.4 Å². The second-order valence-corrected chi connectivity index (χ2v) is 7.76. The fraction of sp³-hybridized carbons (Fsp3) is 0.316. The van der Waals surface area contributed by atoms with Gasteiger partial charge in [0.15, 0.2) is 0 Å². The van der Waals surface area contributed by atoms with Crippen molar-refractivity contribution in [1.82, 2.24) is 0 Å². The molecule has 2 aromatic rings. The number of anilines is 1. The fourth-order valence-electron chi connectivity index (χ4n) is 3.54. The molecule has 0 radical (unpaired) electrons. The lowest BCUT2D eigenvalue weighted by Crippen LogP contribution is -2.34. The molecular weight excluding hydrogens is 430 g/mol. The maximum atomic E-state index is 13.1. The molecule has 0 aromatic heterocycles. The van der Waals surface area contributed by atoms with Gasteiger partial charge in [-0.1, -0.05) is 34.1 Å². The predicted molar refractivity (Wildman–Crippen MR) is 94.5 cm³/mol. The number of alkyl halides is 4. The van der Waals surface area contributed by atoms with Gasteiger partial charge in [0, 0.05) is 18.0 Å². The highest BCUT2D eigenvalue weighted by Crippen LogP contribution is 2.57. The van der Waals surface area contributed by atoms with Gasteiger partial charge in [0.1, 0.15) is 16.4 Å². The van der Waals surface area contributed by atoms with Gasteiger partial charge < -0.3 is 9.64 Å². The Labute approximate surface area is 161 Å². The minimum Gasteiger partial charge on any atom is -0.406 e. The van der Waals surface area contributed by atoms with Crippen LogP contribution in [0.3, 0.4) is 0 Å². The minimum absolute atomic E-state index is 0.183. The van der Waals surface area contributed by atoms with Gasteiger partial charge in [0.05, 0.1) is 5.69 Å². The van der Waals surface area contributed by atoms with E-state index in [0.717, 1.165) is 18.4 Å². The van der Waals surface area contributed by atoms with Gasteiger partial charge in [0.25, 0.3) is 0 Å². The van der Waals surface area contributed by atoms with Crippen molar-refractivity contribution < 1.29 is 27.1 Å². The van der Waals surface area contributed by atoms with E-state index in [1.807, 2.05) is 0 Å². The zero-order valence-corrected chi connectivity index (χ0v) is 15.5. The normalized spacial score (nSPS) is 18.3. The van der Waals surface area contributed by atoms with Crippen LogP contribution in [0.25, 0.3) is 0 Å². The highest BCUT2D eigenvalue weighted by Gasteiger charge is 2.53. The van der Waals surface area contributed by atoms with Crippen molar-refractivity contribution >= 4 is 27.5 Å². The van der Waals surface area contributed by atoms with E-state index in [1.54, 1.807) is 6.07 Å². The number of fused-ring (bicyclic) bond motifs is 2. The summed E-state index contributed by atoms with van der Waals surface area (Å²) in [5.41, 5.74) is 1.69. The van der Waals surface area contributed by atoms with E-state index in [-0.39, 0.29) is 17.1 Å². The lowest BCUT2D eigenvalue weighted by molar-refractivity contribution is -0.274. The molecule has 8 heteroatoms. The molecule has 0 bridgehead atoms. The van der Waals surface area contributed by atoms with Crippen LogP contribution < -0.4 is 9.64 Å². The molecule has 1 unspecified atom stereocenters.